The molecule has 0 amide bonds. The number of nitrogens with zero attached hydrogens (tertiary/aromatic N) is 1. The maximum absolute atomic E-state index is 13.0. The Morgan fingerprint density at radius 1 is 1.30 bits per heavy atom. The summed E-state index contributed by atoms with van der Waals surface area (Å²) in [7, 11) is 0. The molecule has 0 aliphatic carbocycles. The molecule has 0 saturated carbocycles. The highest BCUT2D eigenvalue weighted by atomic mass is 19.4. The van der Waals surface area contributed by atoms with E-state index >= 15 is 0 Å². The molecule has 1 N–H and O–H groups in total. The Morgan fingerprint density at radius 2 is 2.05 bits per heavy atom. The third kappa shape index (κ3) is 3.73. The summed E-state index contributed by atoms with van der Waals surface area (Å²) < 4.78 is 39.1. The second-order valence-corrected chi connectivity index (χ2v) is 5.27. The van der Waals surface area contributed by atoms with Crippen molar-refractivity contribution >= 4 is 0 Å². The zero-order chi connectivity index (χ0) is 14.6. The average Bonchev–Trinajstić information content (AvgIpc) is 2.91. The fraction of sp³-hybridized carbons (Fsp3) is 0.600. The normalized spacial score (nSPS) is 19.8. The Balaban J connectivity index is 2.17. The van der Waals surface area contributed by atoms with Gasteiger partial charge in [0.05, 0.1) is 5.56 Å². The Morgan fingerprint density at radius 3 is 2.65 bits per heavy atom. The third-order valence-electron chi connectivity index (χ3n) is 3.76. The lowest BCUT2D eigenvalue weighted by atomic mass is 10.1. The number of hydrogen-bond donors (Lipinski definition) is 1. The maximum atomic E-state index is 13.0. The van der Waals surface area contributed by atoms with E-state index in [4.69, 9.17) is 0 Å². The molecular formula is C15H21F3N2. The molecule has 2 nitrogen and oxygen atoms in total. The van der Waals surface area contributed by atoms with Gasteiger partial charge >= 0.3 is 6.18 Å². The molecule has 2 rings (SSSR count). The highest BCUT2D eigenvalue weighted by molar-refractivity contribution is 5.29. The van der Waals surface area contributed by atoms with E-state index in [2.05, 4.69) is 17.1 Å². The number of alkyl halides is 3. The van der Waals surface area contributed by atoms with Gasteiger partial charge in [-0.2, -0.15) is 13.2 Å². The molecule has 1 aromatic carbocycles. The van der Waals surface area contributed by atoms with Crippen LogP contribution in [0.4, 0.5) is 13.2 Å². The summed E-state index contributed by atoms with van der Waals surface area (Å²) in [5, 5.41) is 3.28. The monoisotopic (exact) mass is 286 g/mol. The zero-order valence-electron chi connectivity index (χ0n) is 11.7. The minimum absolute atomic E-state index is 0.344. The van der Waals surface area contributed by atoms with Crippen molar-refractivity contribution < 1.29 is 13.2 Å². The number of hydrogen-bond acceptors (Lipinski definition) is 2. The molecule has 5 heteroatoms. The second kappa shape index (κ2) is 6.59. The minimum atomic E-state index is -4.28. The molecule has 1 heterocycles. The first-order chi connectivity index (χ1) is 9.52. The predicted molar refractivity (Wildman–Crippen MR) is 73.4 cm³/mol. The number of rotatable bonds is 5. The zero-order valence-corrected chi connectivity index (χ0v) is 11.7. The van der Waals surface area contributed by atoms with E-state index in [0.717, 1.165) is 32.5 Å². The smallest absolute Gasteiger partial charge is 0.315 e. The highest BCUT2D eigenvalue weighted by Gasteiger charge is 2.33. The van der Waals surface area contributed by atoms with E-state index in [1.807, 2.05) is 0 Å². The molecule has 1 fully saturated rings. The molecule has 112 valence electrons. The first kappa shape index (κ1) is 15.3. The van der Waals surface area contributed by atoms with Gasteiger partial charge in [-0.05, 0) is 37.6 Å². The molecule has 0 aromatic heterocycles. The summed E-state index contributed by atoms with van der Waals surface area (Å²) in [6, 6.07) is 6.24. The molecule has 1 atom stereocenters. The van der Waals surface area contributed by atoms with Gasteiger partial charge in [0.15, 0.2) is 0 Å². The third-order valence-corrected chi connectivity index (χ3v) is 3.76. The molecule has 0 radical (unpaired) electrons. The molecular weight excluding hydrogens is 265 g/mol. The minimum Gasteiger partial charge on any atom is -0.315 e. The van der Waals surface area contributed by atoms with Crippen LogP contribution < -0.4 is 5.32 Å². The van der Waals surface area contributed by atoms with Crippen LogP contribution >= 0.6 is 0 Å². The molecule has 1 saturated heterocycles. The predicted octanol–water partition coefficient (Wildman–Crippen LogP) is 3.28. The first-order valence-corrected chi connectivity index (χ1v) is 7.12. The number of halogens is 3. The fourth-order valence-electron chi connectivity index (χ4n) is 2.78. The van der Waals surface area contributed by atoms with Crippen molar-refractivity contribution in [1.82, 2.24) is 10.2 Å². The highest BCUT2D eigenvalue weighted by Crippen LogP contribution is 2.32. The maximum Gasteiger partial charge on any atom is 0.416 e. The van der Waals surface area contributed by atoms with Crippen molar-refractivity contribution in [2.75, 3.05) is 19.6 Å². The van der Waals surface area contributed by atoms with Crippen LogP contribution in [0.3, 0.4) is 0 Å². The SMILES string of the molecule is CCCN(Cc1ccccc1C(F)(F)F)[C@H]1CCNC1. The van der Waals surface area contributed by atoms with Crippen LogP contribution in [0.25, 0.3) is 0 Å². The quantitative estimate of drug-likeness (QED) is 0.893. The van der Waals surface area contributed by atoms with Crippen LogP contribution in [0.2, 0.25) is 0 Å². The molecule has 0 unspecified atom stereocenters. The second-order valence-electron chi connectivity index (χ2n) is 5.27. The topological polar surface area (TPSA) is 15.3 Å². The van der Waals surface area contributed by atoms with Crippen molar-refractivity contribution in [2.45, 2.75) is 38.5 Å². The molecule has 1 aliphatic rings. The Labute approximate surface area is 118 Å². The standard InChI is InChI=1S/C15H21F3N2/c1-2-9-20(13-7-8-19-10-13)11-12-5-3-4-6-14(12)15(16,17)18/h3-6,13,19H,2,7-11H2,1H3/t13-/m0/s1. The summed E-state index contributed by atoms with van der Waals surface area (Å²) in [5.74, 6) is 0. The van der Waals surface area contributed by atoms with Gasteiger partial charge < -0.3 is 5.32 Å². The summed E-state index contributed by atoms with van der Waals surface area (Å²) in [5.41, 5.74) is -0.132. The number of nitrogens with one attached hydrogen (secondary N) is 1. The molecule has 0 spiro atoms. The van der Waals surface area contributed by atoms with Crippen LogP contribution in [-0.4, -0.2) is 30.6 Å². The van der Waals surface area contributed by atoms with Crippen molar-refractivity contribution in [3.8, 4) is 0 Å². The van der Waals surface area contributed by atoms with Crippen LogP contribution in [0.15, 0.2) is 24.3 Å². The lowest BCUT2D eigenvalue weighted by Crippen LogP contribution is -2.37. The summed E-state index contributed by atoms with van der Waals surface area (Å²) >= 11 is 0. The van der Waals surface area contributed by atoms with Crippen LogP contribution in [-0.2, 0) is 12.7 Å². The van der Waals surface area contributed by atoms with Crippen molar-refractivity contribution in [3.63, 3.8) is 0 Å². The molecule has 0 bridgehead atoms. The van der Waals surface area contributed by atoms with E-state index in [-0.39, 0.29) is 0 Å². The first-order valence-electron chi connectivity index (χ1n) is 7.12. The van der Waals surface area contributed by atoms with Gasteiger partial charge in [-0.15, -0.1) is 0 Å². The van der Waals surface area contributed by atoms with Gasteiger partial charge in [-0.25, -0.2) is 0 Å². The van der Waals surface area contributed by atoms with Crippen molar-refractivity contribution in [1.29, 1.82) is 0 Å². The van der Waals surface area contributed by atoms with E-state index < -0.39 is 11.7 Å². The number of benzene rings is 1. The van der Waals surface area contributed by atoms with Crippen molar-refractivity contribution in [2.24, 2.45) is 0 Å². The summed E-state index contributed by atoms with van der Waals surface area (Å²) in [6.45, 7) is 5.08. The Bertz CT molecular complexity index is 425. The molecule has 1 aliphatic heterocycles. The van der Waals surface area contributed by atoms with E-state index in [0.29, 0.717) is 18.2 Å². The molecule has 1 aromatic rings. The van der Waals surface area contributed by atoms with Crippen LogP contribution in [0.5, 0.6) is 0 Å². The van der Waals surface area contributed by atoms with E-state index in [9.17, 15) is 13.2 Å². The van der Waals surface area contributed by atoms with Gasteiger partial charge in [0.1, 0.15) is 0 Å². The van der Waals surface area contributed by atoms with Crippen LogP contribution in [0.1, 0.15) is 30.9 Å². The lowest BCUT2D eigenvalue weighted by Gasteiger charge is -2.29. The Hall–Kier alpha value is -1.07. The summed E-state index contributed by atoms with van der Waals surface area (Å²) in [4.78, 5) is 2.17. The van der Waals surface area contributed by atoms with E-state index in [1.165, 1.54) is 12.1 Å². The van der Waals surface area contributed by atoms with Gasteiger partial charge in [0.25, 0.3) is 0 Å². The largest absolute Gasteiger partial charge is 0.416 e. The summed E-state index contributed by atoms with van der Waals surface area (Å²) in [6.07, 6.45) is -2.32. The fourth-order valence-corrected chi connectivity index (χ4v) is 2.78. The van der Waals surface area contributed by atoms with E-state index in [1.54, 1.807) is 12.1 Å². The molecule has 20 heavy (non-hydrogen) atoms. The Kier molecular flexibility index (Phi) is 5.05. The van der Waals surface area contributed by atoms with Crippen molar-refractivity contribution in [3.05, 3.63) is 35.4 Å². The van der Waals surface area contributed by atoms with Gasteiger partial charge in [0.2, 0.25) is 0 Å². The van der Waals surface area contributed by atoms with Gasteiger partial charge in [-0.3, -0.25) is 4.90 Å². The van der Waals surface area contributed by atoms with Gasteiger partial charge in [0, 0.05) is 19.1 Å². The average molecular weight is 286 g/mol. The lowest BCUT2D eigenvalue weighted by molar-refractivity contribution is -0.138. The van der Waals surface area contributed by atoms with Gasteiger partial charge in [-0.1, -0.05) is 25.1 Å². The van der Waals surface area contributed by atoms with Crippen LogP contribution in [0, 0.1) is 0 Å².